The van der Waals surface area contributed by atoms with Gasteiger partial charge in [-0.25, -0.2) is 4.98 Å². The number of nitrogens with two attached hydrogens (primary N) is 1. The highest BCUT2D eigenvalue weighted by atomic mass is 32.1. The molecule has 0 saturated heterocycles. The summed E-state index contributed by atoms with van der Waals surface area (Å²) >= 11 is 1.44. The van der Waals surface area contributed by atoms with Crippen molar-refractivity contribution >= 4 is 22.4 Å². The minimum absolute atomic E-state index is 0.00833. The number of anilines is 1. The number of aromatic nitrogens is 3. The number of carbonyl (C=O) groups excluding carboxylic acids is 1. The van der Waals surface area contributed by atoms with Gasteiger partial charge in [-0.1, -0.05) is 6.92 Å². The van der Waals surface area contributed by atoms with Crippen molar-refractivity contribution in [3.8, 4) is 0 Å². The van der Waals surface area contributed by atoms with Crippen LogP contribution >= 0.6 is 11.3 Å². The van der Waals surface area contributed by atoms with Crippen molar-refractivity contribution in [1.82, 2.24) is 20.1 Å². The van der Waals surface area contributed by atoms with E-state index < -0.39 is 0 Å². The molecular formula is C13H19N5OS. The van der Waals surface area contributed by atoms with Gasteiger partial charge in [0.25, 0.3) is 0 Å². The number of nitrogens with one attached hydrogen (secondary N) is 1. The van der Waals surface area contributed by atoms with Crippen molar-refractivity contribution in [2.24, 2.45) is 0 Å². The molecule has 20 heavy (non-hydrogen) atoms. The molecule has 0 bridgehead atoms. The predicted octanol–water partition coefficient (Wildman–Crippen LogP) is 1.62. The van der Waals surface area contributed by atoms with Crippen LogP contribution in [0.25, 0.3) is 0 Å². The maximum absolute atomic E-state index is 12.1. The number of hydrogen-bond acceptors (Lipinski definition) is 5. The predicted molar refractivity (Wildman–Crippen MR) is 79.4 cm³/mol. The summed E-state index contributed by atoms with van der Waals surface area (Å²) in [6.07, 6.45) is 5.89. The molecule has 1 atom stereocenters. The second-order valence-electron chi connectivity index (χ2n) is 4.48. The van der Waals surface area contributed by atoms with Gasteiger partial charge in [0.05, 0.1) is 5.69 Å². The molecule has 0 fully saturated rings. The summed E-state index contributed by atoms with van der Waals surface area (Å²) in [5, 5.41) is 9.61. The Morgan fingerprint density at radius 2 is 2.45 bits per heavy atom. The van der Waals surface area contributed by atoms with E-state index in [1.54, 1.807) is 10.9 Å². The molecule has 3 N–H and O–H groups in total. The first kappa shape index (κ1) is 14.5. The Labute approximate surface area is 122 Å². The van der Waals surface area contributed by atoms with Crippen molar-refractivity contribution < 1.29 is 4.79 Å². The van der Waals surface area contributed by atoms with Crippen molar-refractivity contribution in [3.05, 3.63) is 29.5 Å². The molecule has 7 heteroatoms. The van der Waals surface area contributed by atoms with Crippen molar-refractivity contribution in [3.63, 3.8) is 0 Å². The molecule has 2 aromatic rings. The summed E-state index contributed by atoms with van der Waals surface area (Å²) in [6.45, 7) is 2.61. The largest absolute Gasteiger partial charge is 0.375 e. The summed E-state index contributed by atoms with van der Waals surface area (Å²) in [4.78, 5) is 16.3. The van der Waals surface area contributed by atoms with Gasteiger partial charge in [0.1, 0.15) is 6.04 Å². The van der Waals surface area contributed by atoms with E-state index in [4.69, 9.17) is 5.73 Å². The minimum atomic E-state index is -0.236. The molecule has 2 aromatic heterocycles. The third-order valence-electron chi connectivity index (χ3n) is 3.01. The summed E-state index contributed by atoms with van der Waals surface area (Å²) < 4.78 is 1.69. The Hall–Kier alpha value is -1.89. The fourth-order valence-electron chi connectivity index (χ4n) is 1.99. The molecule has 0 radical (unpaired) electrons. The van der Waals surface area contributed by atoms with Crippen LogP contribution in [0.2, 0.25) is 0 Å². The smallest absolute Gasteiger partial charge is 0.244 e. The van der Waals surface area contributed by atoms with Crippen LogP contribution in [0.3, 0.4) is 0 Å². The summed E-state index contributed by atoms with van der Waals surface area (Å²) in [6, 6.07) is 1.59. The normalized spacial score (nSPS) is 12.2. The van der Waals surface area contributed by atoms with Crippen LogP contribution in [0.1, 0.15) is 31.5 Å². The Balaban J connectivity index is 1.74. The lowest BCUT2D eigenvalue weighted by molar-refractivity contribution is -0.124. The number of aryl methyl sites for hydroxylation is 1. The van der Waals surface area contributed by atoms with Crippen LogP contribution in [-0.2, 0) is 11.2 Å². The Morgan fingerprint density at radius 1 is 1.60 bits per heavy atom. The first-order valence-electron chi connectivity index (χ1n) is 6.67. The first-order valence-corrected chi connectivity index (χ1v) is 7.55. The molecule has 0 saturated carbocycles. The molecule has 0 aliphatic carbocycles. The fraction of sp³-hybridized carbons (Fsp3) is 0.462. The van der Waals surface area contributed by atoms with Crippen molar-refractivity contribution in [1.29, 1.82) is 0 Å². The molecule has 1 amide bonds. The number of hydrogen-bond donors (Lipinski definition) is 2. The molecular weight excluding hydrogens is 274 g/mol. The fourth-order valence-corrected chi connectivity index (χ4v) is 2.59. The SMILES string of the molecule is CC[C@@H](C(=O)NCCCc1csc(N)n1)n1cccn1. The molecule has 0 spiro atoms. The first-order chi connectivity index (χ1) is 9.70. The zero-order chi connectivity index (χ0) is 14.4. The Morgan fingerprint density at radius 3 is 3.05 bits per heavy atom. The lowest BCUT2D eigenvalue weighted by atomic mass is 10.2. The topological polar surface area (TPSA) is 85.8 Å². The van der Waals surface area contributed by atoms with E-state index in [2.05, 4.69) is 15.4 Å². The number of carbonyl (C=O) groups is 1. The van der Waals surface area contributed by atoms with E-state index in [9.17, 15) is 4.79 Å². The van der Waals surface area contributed by atoms with E-state index in [-0.39, 0.29) is 11.9 Å². The quantitative estimate of drug-likeness (QED) is 0.760. The minimum Gasteiger partial charge on any atom is -0.375 e. The molecule has 0 aromatic carbocycles. The average Bonchev–Trinajstić information content (AvgIpc) is 3.08. The highest BCUT2D eigenvalue weighted by molar-refractivity contribution is 7.13. The van der Waals surface area contributed by atoms with Gasteiger partial charge in [-0.3, -0.25) is 9.48 Å². The van der Waals surface area contributed by atoms with Crippen LogP contribution < -0.4 is 11.1 Å². The van der Waals surface area contributed by atoms with E-state index in [1.165, 1.54) is 11.3 Å². The highest BCUT2D eigenvalue weighted by Gasteiger charge is 2.17. The number of rotatable bonds is 7. The standard InChI is InChI=1S/C13H19N5OS/c1-2-11(18-8-4-7-16-18)12(19)15-6-3-5-10-9-20-13(14)17-10/h4,7-9,11H,2-3,5-6H2,1H3,(H2,14,17)(H,15,19)/t11-/m0/s1. The van der Waals surface area contributed by atoms with Gasteiger partial charge in [0.15, 0.2) is 5.13 Å². The van der Waals surface area contributed by atoms with Gasteiger partial charge in [-0.05, 0) is 25.3 Å². The number of thiazole rings is 1. The van der Waals surface area contributed by atoms with Crippen molar-refractivity contribution in [2.75, 3.05) is 12.3 Å². The zero-order valence-electron chi connectivity index (χ0n) is 11.5. The second kappa shape index (κ2) is 7.04. The van der Waals surface area contributed by atoms with Crippen LogP contribution in [0.4, 0.5) is 5.13 Å². The maximum atomic E-state index is 12.1. The zero-order valence-corrected chi connectivity index (χ0v) is 12.3. The molecule has 2 heterocycles. The number of nitrogens with zero attached hydrogens (tertiary/aromatic N) is 3. The van der Waals surface area contributed by atoms with E-state index in [0.29, 0.717) is 11.7 Å². The Bertz CT molecular complexity index is 537. The number of amides is 1. The molecule has 108 valence electrons. The van der Waals surface area contributed by atoms with Crippen LogP contribution in [0, 0.1) is 0 Å². The molecule has 0 aliphatic heterocycles. The molecule has 0 aliphatic rings. The lowest BCUT2D eigenvalue weighted by Gasteiger charge is -2.15. The van der Waals surface area contributed by atoms with E-state index in [1.807, 2.05) is 24.6 Å². The van der Waals surface area contributed by atoms with E-state index >= 15 is 0 Å². The third-order valence-corrected chi connectivity index (χ3v) is 3.73. The second-order valence-corrected chi connectivity index (χ2v) is 5.37. The van der Waals surface area contributed by atoms with Gasteiger partial charge in [-0.15, -0.1) is 11.3 Å². The van der Waals surface area contributed by atoms with E-state index in [0.717, 1.165) is 25.0 Å². The Kier molecular flexibility index (Phi) is 5.11. The summed E-state index contributed by atoms with van der Waals surface area (Å²) in [5.74, 6) is 0.00833. The van der Waals surface area contributed by atoms with Gasteiger partial charge >= 0.3 is 0 Å². The highest BCUT2D eigenvalue weighted by Crippen LogP contribution is 2.12. The van der Waals surface area contributed by atoms with Crippen LogP contribution in [0.5, 0.6) is 0 Å². The van der Waals surface area contributed by atoms with Gasteiger partial charge in [0.2, 0.25) is 5.91 Å². The maximum Gasteiger partial charge on any atom is 0.244 e. The summed E-state index contributed by atoms with van der Waals surface area (Å²) in [7, 11) is 0. The lowest BCUT2D eigenvalue weighted by Crippen LogP contribution is -2.33. The summed E-state index contributed by atoms with van der Waals surface area (Å²) in [5.41, 5.74) is 6.56. The third kappa shape index (κ3) is 3.80. The van der Waals surface area contributed by atoms with Gasteiger partial charge < -0.3 is 11.1 Å². The van der Waals surface area contributed by atoms with Gasteiger partial charge in [0, 0.05) is 24.3 Å². The monoisotopic (exact) mass is 293 g/mol. The molecule has 0 unspecified atom stereocenters. The molecule has 6 nitrogen and oxygen atoms in total. The average molecular weight is 293 g/mol. The van der Waals surface area contributed by atoms with Crippen LogP contribution in [-0.4, -0.2) is 27.2 Å². The van der Waals surface area contributed by atoms with Crippen molar-refractivity contribution in [2.45, 2.75) is 32.2 Å². The van der Waals surface area contributed by atoms with Crippen LogP contribution in [0.15, 0.2) is 23.8 Å². The molecule has 2 rings (SSSR count). The number of nitrogen functional groups attached to an aromatic ring is 1. The van der Waals surface area contributed by atoms with Gasteiger partial charge in [-0.2, -0.15) is 5.10 Å².